The third-order valence-electron chi connectivity index (χ3n) is 12.6. The van der Waals surface area contributed by atoms with Crippen LogP contribution in [0.25, 0.3) is 0 Å². The minimum atomic E-state index is -1.81. The summed E-state index contributed by atoms with van der Waals surface area (Å²) in [5.74, 6) is 0.0187. The van der Waals surface area contributed by atoms with Gasteiger partial charge in [0.25, 0.3) is 0 Å². The van der Waals surface area contributed by atoms with Gasteiger partial charge in [-0.05, 0) is 67.1 Å². The average Bonchev–Trinajstić information content (AvgIpc) is 3.48. The number of allylic oxidation sites excluding steroid dienone is 2. The summed E-state index contributed by atoms with van der Waals surface area (Å²) in [6.07, 6.45) is 4.52. The number of esters is 1. The van der Waals surface area contributed by atoms with Gasteiger partial charge in [-0.25, -0.2) is 0 Å². The maximum absolute atomic E-state index is 13.8. The summed E-state index contributed by atoms with van der Waals surface area (Å²) in [5.41, 5.74) is 3.36. The second-order valence-corrected chi connectivity index (χ2v) is 20.4. The minimum absolute atomic E-state index is 0.0250. The maximum Gasteiger partial charge on any atom is 0.316 e. The maximum atomic E-state index is 13.8. The molecule has 0 unspecified atom stereocenters. The largest absolute Gasteiger partial charge is 0.459 e. The highest BCUT2D eigenvalue weighted by molar-refractivity contribution is 6.74. The number of fused-ring (bicyclic) bond motifs is 4. The fourth-order valence-corrected chi connectivity index (χ4v) is 10.4. The van der Waals surface area contributed by atoms with E-state index >= 15 is 0 Å². The molecule has 3 fully saturated rings. The number of hydrogen-bond donors (Lipinski definition) is 0. The summed E-state index contributed by atoms with van der Waals surface area (Å²) in [5, 5.41) is 0.187. The third kappa shape index (κ3) is 3.72. The molecule has 0 aromatic heterocycles. The van der Waals surface area contributed by atoms with E-state index in [1.165, 1.54) is 22.3 Å². The first kappa shape index (κ1) is 29.1. The van der Waals surface area contributed by atoms with Crippen molar-refractivity contribution in [2.75, 3.05) is 0 Å². The van der Waals surface area contributed by atoms with E-state index in [1.807, 2.05) is 6.92 Å². The molecule has 5 nitrogen and oxygen atoms in total. The van der Waals surface area contributed by atoms with Crippen molar-refractivity contribution in [3.8, 4) is 0 Å². The van der Waals surface area contributed by atoms with Crippen molar-refractivity contribution in [1.82, 2.24) is 0 Å². The van der Waals surface area contributed by atoms with Crippen LogP contribution >= 0.6 is 0 Å². The van der Waals surface area contributed by atoms with Crippen LogP contribution in [-0.2, 0) is 30.1 Å². The topological polar surface area (TPSA) is 61.8 Å². The number of ketones is 1. The molecule has 0 spiro atoms. The van der Waals surface area contributed by atoms with Crippen LogP contribution in [0.15, 0.2) is 47.6 Å². The predicted molar refractivity (Wildman–Crippen MR) is 163 cm³/mol. The van der Waals surface area contributed by atoms with Gasteiger partial charge in [0, 0.05) is 22.7 Å². The number of hydrogen-bond acceptors (Lipinski definition) is 5. The third-order valence-corrected chi connectivity index (χ3v) is 17.0. The molecule has 41 heavy (non-hydrogen) atoms. The molecule has 6 rings (SSSR count). The Labute approximate surface area is 247 Å². The summed E-state index contributed by atoms with van der Waals surface area (Å²) in [6.45, 7) is 22.9. The molecule has 2 heterocycles. The van der Waals surface area contributed by atoms with E-state index in [0.29, 0.717) is 6.61 Å². The van der Waals surface area contributed by atoms with Crippen molar-refractivity contribution in [3.63, 3.8) is 0 Å². The van der Waals surface area contributed by atoms with Crippen molar-refractivity contribution >= 4 is 20.1 Å². The summed E-state index contributed by atoms with van der Waals surface area (Å²) < 4.78 is 19.6. The molecule has 9 atom stereocenters. The molecule has 3 aliphatic carbocycles. The Hall–Kier alpha value is -2.02. The lowest BCUT2D eigenvalue weighted by molar-refractivity contribution is -0.186. The molecule has 1 saturated carbocycles. The highest BCUT2D eigenvalue weighted by Crippen LogP contribution is 2.72. The molecular formula is C35H48O5Si. The standard InChI is InChI=1S/C35H48O5Si/c1-11-25-34(7)26(36)16-17-33(6)29(34)28(40-31(33)37)30-35(25,8)27-20(2)23(18-24(27)39-30)22-14-12-21(13-15-22)19-38-41(9,10)32(3,4)5/h12-17,23-25,28-30H,11,18-19H2,1-10H3/t23-,24+,25+,28+,29-,30+,33+,34-,35+/m0/s1. The van der Waals surface area contributed by atoms with Gasteiger partial charge in [0.15, 0.2) is 14.1 Å². The lowest BCUT2D eigenvalue weighted by Gasteiger charge is -2.59. The SMILES string of the molecule is CC[C@H]1[C@]2(C)C3=C(C)[C@@H](c4ccc(CO[Si](C)(C)C(C)(C)C)cc4)C[C@H]3O[C@@H]2[C@@H]2OC(=O)[C@]3(C)C=CC(=O)[C@@]1(C)[C@@H]23. The van der Waals surface area contributed by atoms with E-state index in [-0.39, 0.29) is 52.2 Å². The monoisotopic (exact) mass is 576 g/mol. The van der Waals surface area contributed by atoms with Gasteiger partial charge >= 0.3 is 5.97 Å². The number of carbonyl (C=O) groups is 2. The van der Waals surface area contributed by atoms with Crippen LogP contribution in [0.5, 0.6) is 0 Å². The number of rotatable bonds is 5. The lowest BCUT2D eigenvalue weighted by atomic mass is 9.42. The first-order valence-corrected chi connectivity index (χ1v) is 18.5. The molecule has 5 aliphatic rings. The molecule has 1 aromatic rings. The van der Waals surface area contributed by atoms with Gasteiger partial charge in [0.1, 0.15) is 12.2 Å². The first-order chi connectivity index (χ1) is 19.0. The molecule has 222 valence electrons. The Kier molecular flexibility index (Phi) is 6.38. The second-order valence-electron chi connectivity index (χ2n) is 15.6. The number of ether oxygens (including phenoxy) is 2. The fourth-order valence-electron chi connectivity index (χ4n) is 9.43. The van der Waals surface area contributed by atoms with Gasteiger partial charge in [-0.1, -0.05) is 83.9 Å². The second kappa shape index (κ2) is 9.00. The van der Waals surface area contributed by atoms with Crippen molar-refractivity contribution in [2.24, 2.45) is 28.1 Å². The van der Waals surface area contributed by atoms with Crippen LogP contribution < -0.4 is 0 Å². The Morgan fingerprint density at radius 1 is 1.05 bits per heavy atom. The van der Waals surface area contributed by atoms with E-state index in [2.05, 4.69) is 85.8 Å². The van der Waals surface area contributed by atoms with Crippen LogP contribution in [0, 0.1) is 28.1 Å². The quantitative estimate of drug-likeness (QED) is 0.206. The zero-order valence-electron chi connectivity index (χ0n) is 26.6. The molecule has 1 aromatic carbocycles. The zero-order valence-corrected chi connectivity index (χ0v) is 27.6. The van der Waals surface area contributed by atoms with Gasteiger partial charge in [0.2, 0.25) is 0 Å². The lowest BCUT2D eigenvalue weighted by Crippen LogP contribution is -2.65. The van der Waals surface area contributed by atoms with E-state index in [1.54, 1.807) is 12.2 Å². The summed E-state index contributed by atoms with van der Waals surface area (Å²) >= 11 is 0. The van der Waals surface area contributed by atoms with E-state index < -0.39 is 25.3 Å². The first-order valence-electron chi connectivity index (χ1n) is 15.6. The van der Waals surface area contributed by atoms with Crippen LogP contribution in [-0.4, -0.2) is 38.4 Å². The molecule has 2 aliphatic heterocycles. The Balaban J connectivity index is 1.33. The Morgan fingerprint density at radius 2 is 1.71 bits per heavy atom. The number of benzene rings is 1. The molecule has 2 saturated heterocycles. The highest BCUT2D eigenvalue weighted by atomic mass is 28.4. The van der Waals surface area contributed by atoms with Crippen molar-refractivity contribution < 1.29 is 23.5 Å². The molecule has 0 amide bonds. The zero-order chi connectivity index (χ0) is 29.9. The van der Waals surface area contributed by atoms with Crippen LogP contribution in [0.1, 0.15) is 85.3 Å². The van der Waals surface area contributed by atoms with Crippen molar-refractivity contribution in [1.29, 1.82) is 0 Å². The molecule has 0 bridgehead atoms. The summed E-state index contributed by atoms with van der Waals surface area (Å²) in [4.78, 5) is 27.0. The molecule has 0 radical (unpaired) electrons. The predicted octanol–water partition coefficient (Wildman–Crippen LogP) is 7.52. The highest BCUT2D eigenvalue weighted by Gasteiger charge is 2.77. The van der Waals surface area contributed by atoms with Crippen LogP contribution in [0.3, 0.4) is 0 Å². The Morgan fingerprint density at radius 3 is 2.32 bits per heavy atom. The summed E-state index contributed by atoms with van der Waals surface area (Å²) in [7, 11) is -1.81. The van der Waals surface area contributed by atoms with Gasteiger partial charge in [-0.3, -0.25) is 9.59 Å². The van der Waals surface area contributed by atoms with Crippen LogP contribution in [0.2, 0.25) is 18.1 Å². The Bertz CT molecular complexity index is 1350. The van der Waals surface area contributed by atoms with Gasteiger partial charge in [0.05, 0.1) is 18.1 Å². The van der Waals surface area contributed by atoms with Gasteiger partial charge in [-0.15, -0.1) is 0 Å². The normalized spacial score (nSPS) is 41.4. The van der Waals surface area contributed by atoms with Crippen molar-refractivity contribution in [2.45, 2.75) is 117 Å². The van der Waals surface area contributed by atoms with Crippen molar-refractivity contribution in [3.05, 3.63) is 58.7 Å². The van der Waals surface area contributed by atoms with E-state index in [4.69, 9.17) is 13.9 Å². The molecular weight excluding hydrogens is 528 g/mol. The van der Waals surface area contributed by atoms with Gasteiger partial charge < -0.3 is 13.9 Å². The number of carbonyl (C=O) groups excluding carboxylic acids is 2. The summed E-state index contributed by atoms with van der Waals surface area (Å²) in [6, 6.07) is 8.95. The smallest absolute Gasteiger partial charge is 0.316 e. The molecule has 6 heteroatoms. The molecule has 0 N–H and O–H groups in total. The van der Waals surface area contributed by atoms with E-state index in [9.17, 15) is 9.59 Å². The minimum Gasteiger partial charge on any atom is -0.459 e. The fraction of sp³-hybridized carbons (Fsp3) is 0.657. The van der Waals surface area contributed by atoms with Crippen LogP contribution in [0.4, 0.5) is 0 Å². The van der Waals surface area contributed by atoms with E-state index in [0.717, 1.165) is 12.8 Å². The average molecular weight is 577 g/mol. The van der Waals surface area contributed by atoms with Gasteiger partial charge in [-0.2, -0.15) is 0 Å².